The van der Waals surface area contributed by atoms with Crippen LogP contribution in [-0.2, 0) is 9.59 Å². The zero-order chi connectivity index (χ0) is 20.4. The van der Waals surface area contributed by atoms with E-state index >= 15 is 0 Å². The van der Waals surface area contributed by atoms with Crippen molar-refractivity contribution in [3.63, 3.8) is 0 Å². The number of nitriles is 1. The second-order valence-corrected chi connectivity index (χ2v) is 9.02. The maximum Gasteiger partial charge on any atom is 0.332 e. The van der Waals surface area contributed by atoms with Crippen LogP contribution >= 0.6 is 0 Å². The minimum absolute atomic E-state index is 0.0363. The van der Waals surface area contributed by atoms with Crippen LogP contribution in [0.1, 0.15) is 44.9 Å². The standard InChI is InChI=1S/C20H23N5O3/c1-11-5-12(9-22-14(11)8-21)25-18(27)17-15-6-13(24(17)19(25)28)10-23(15)16(26)7-20(2,3)4/h5,9,13,15,17H,6-7,10H2,1-4H3/t13-,15?,17?/m1/s1. The number of likely N-dealkylation sites (tertiary alicyclic amines) is 1. The van der Waals surface area contributed by atoms with Crippen LogP contribution in [-0.4, -0.2) is 57.3 Å². The van der Waals surface area contributed by atoms with Crippen molar-refractivity contribution in [2.45, 2.75) is 58.7 Å². The molecule has 0 N–H and O–H groups in total. The van der Waals surface area contributed by atoms with Gasteiger partial charge in [0.15, 0.2) is 0 Å². The van der Waals surface area contributed by atoms with E-state index in [1.165, 1.54) is 6.20 Å². The van der Waals surface area contributed by atoms with E-state index in [-0.39, 0.29) is 41.0 Å². The monoisotopic (exact) mass is 381 g/mol. The summed E-state index contributed by atoms with van der Waals surface area (Å²) in [4.78, 5) is 47.5. The topological polar surface area (TPSA) is 97.6 Å². The average molecular weight is 381 g/mol. The molecule has 2 bridgehead atoms. The Balaban J connectivity index is 1.61. The van der Waals surface area contributed by atoms with Crippen molar-refractivity contribution in [2.75, 3.05) is 11.4 Å². The van der Waals surface area contributed by atoms with Crippen LogP contribution in [0.4, 0.5) is 10.5 Å². The Morgan fingerprint density at radius 2 is 2.07 bits per heavy atom. The van der Waals surface area contributed by atoms with E-state index in [4.69, 9.17) is 5.26 Å². The minimum atomic E-state index is -0.633. The van der Waals surface area contributed by atoms with Gasteiger partial charge in [0, 0.05) is 13.0 Å². The van der Waals surface area contributed by atoms with Gasteiger partial charge in [-0.3, -0.25) is 9.59 Å². The number of imide groups is 1. The van der Waals surface area contributed by atoms with E-state index in [1.807, 2.05) is 26.8 Å². The fourth-order valence-electron chi connectivity index (χ4n) is 4.54. The minimum Gasteiger partial charge on any atom is -0.335 e. The van der Waals surface area contributed by atoms with Gasteiger partial charge in [-0.2, -0.15) is 5.26 Å². The third kappa shape index (κ3) is 2.65. The van der Waals surface area contributed by atoms with Crippen molar-refractivity contribution >= 4 is 23.5 Å². The number of hydrogen-bond donors (Lipinski definition) is 0. The van der Waals surface area contributed by atoms with E-state index in [2.05, 4.69) is 4.98 Å². The molecule has 0 saturated carbocycles. The average Bonchev–Trinajstić information content (AvgIpc) is 3.25. The number of aryl methyl sites for hydroxylation is 1. The molecule has 3 aliphatic rings. The zero-order valence-corrected chi connectivity index (χ0v) is 16.5. The van der Waals surface area contributed by atoms with Crippen molar-refractivity contribution in [1.29, 1.82) is 5.26 Å². The summed E-state index contributed by atoms with van der Waals surface area (Å²) in [5.41, 5.74) is 1.11. The largest absolute Gasteiger partial charge is 0.335 e. The first-order valence-electron chi connectivity index (χ1n) is 9.45. The molecular weight excluding hydrogens is 358 g/mol. The second-order valence-electron chi connectivity index (χ2n) is 9.02. The van der Waals surface area contributed by atoms with Gasteiger partial charge in [-0.05, 0) is 30.4 Å². The van der Waals surface area contributed by atoms with Crippen molar-refractivity contribution in [3.05, 3.63) is 23.5 Å². The Morgan fingerprint density at radius 1 is 1.36 bits per heavy atom. The van der Waals surface area contributed by atoms with Crippen molar-refractivity contribution in [2.24, 2.45) is 5.41 Å². The lowest BCUT2D eigenvalue weighted by Gasteiger charge is -2.36. The highest BCUT2D eigenvalue weighted by molar-refractivity contribution is 6.22. The van der Waals surface area contributed by atoms with Gasteiger partial charge in [-0.15, -0.1) is 0 Å². The lowest BCUT2D eigenvalue weighted by Crippen LogP contribution is -2.55. The molecule has 3 saturated heterocycles. The fraction of sp³-hybridized carbons (Fsp3) is 0.550. The highest BCUT2D eigenvalue weighted by atomic mass is 16.2. The Hall–Kier alpha value is -2.95. The second kappa shape index (κ2) is 6.03. The number of piperazine rings is 1. The van der Waals surface area contributed by atoms with Crippen LogP contribution < -0.4 is 4.90 Å². The zero-order valence-electron chi connectivity index (χ0n) is 16.5. The van der Waals surface area contributed by atoms with Crippen molar-refractivity contribution in [3.8, 4) is 6.07 Å². The Bertz CT molecular complexity index is 929. The van der Waals surface area contributed by atoms with Gasteiger partial charge in [0.25, 0.3) is 5.91 Å². The molecule has 8 heteroatoms. The van der Waals surface area contributed by atoms with Gasteiger partial charge < -0.3 is 9.80 Å². The van der Waals surface area contributed by atoms with E-state index in [1.54, 1.807) is 22.8 Å². The van der Waals surface area contributed by atoms with Crippen molar-refractivity contribution in [1.82, 2.24) is 14.8 Å². The number of carbonyl (C=O) groups is 3. The summed E-state index contributed by atoms with van der Waals surface area (Å²) < 4.78 is 0. The number of amides is 4. The molecule has 8 nitrogen and oxygen atoms in total. The number of aromatic nitrogens is 1. The maximum absolute atomic E-state index is 13.1. The van der Waals surface area contributed by atoms with Gasteiger partial charge in [-0.25, -0.2) is 14.7 Å². The molecule has 0 aromatic carbocycles. The van der Waals surface area contributed by atoms with Crippen LogP contribution in [0, 0.1) is 23.7 Å². The molecule has 0 radical (unpaired) electrons. The summed E-state index contributed by atoms with van der Waals surface area (Å²) in [5, 5.41) is 9.04. The molecule has 0 aliphatic carbocycles. The number of anilines is 1. The Kier molecular flexibility index (Phi) is 3.96. The first-order valence-corrected chi connectivity index (χ1v) is 9.45. The SMILES string of the molecule is Cc1cc(N2C(=O)C3C4C[C@H](CN4C(=O)CC(C)(C)C)N3C2=O)cnc1C#N. The molecule has 3 atom stereocenters. The third-order valence-electron chi connectivity index (χ3n) is 5.69. The quantitative estimate of drug-likeness (QED) is 0.728. The highest BCUT2D eigenvalue weighted by Gasteiger charge is 2.62. The summed E-state index contributed by atoms with van der Waals surface area (Å²) in [6.45, 7) is 8.23. The molecule has 146 valence electrons. The molecule has 1 aromatic rings. The molecule has 4 rings (SSSR count). The number of urea groups is 1. The number of carbonyl (C=O) groups excluding carboxylic acids is 3. The predicted molar refractivity (Wildman–Crippen MR) is 100 cm³/mol. The molecule has 4 heterocycles. The predicted octanol–water partition coefficient (Wildman–Crippen LogP) is 1.82. The molecule has 4 amide bonds. The molecule has 1 aromatic heterocycles. The van der Waals surface area contributed by atoms with E-state index in [9.17, 15) is 14.4 Å². The summed E-state index contributed by atoms with van der Waals surface area (Å²) >= 11 is 0. The van der Waals surface area contributed by atoms with Crippen LogP contribution in [0.25, 0.3) is 0 Å². The molecular formula is C20H23N5O3. The number of fused-ring (bicyclic) bond motifs is 5. The number of hydrogen-bond acceptors (Lipinski definition) is 5. The molecule has 3 aliphatic heterocycles. The number of nitrogens with zero attached hydrogens (tertiary/aromatic N) is 5. The number of pyridine rings is 1. The summed E-state index contributed by atoms with van der Waals surface area (Å²) in [7, 11) is 0. The van der Waals surface area contributed by atoms with E-state index < -0.39 is 6.04 Å². The summed E-state index contributed by atoms with van der Waals surface area (Å²) in [6.07, 6.45) is 2.44. The van der Waals surface area contributed by atoms with Gasteiger partial charge >= 0.3 is 6.03 Å². The van der Waals surface area contributed by atoms with Crippen LogP contribution in [0.15, 0.2) is 12.3 Å². The van der Waals surface area contributed by atoms with Crippen LogP contribution in [0.3, 0.4) is 0 Å². The molecule has 3 fully saturated rings. The number of rotatable bonds is 2. The van der Waals surface area contributed by atoms with Crippen LogP contribution in [0.2, 0.25) is 0 Å². The first kappa shape index (κ1) is 18.4. The van der Waals surface area contributed by atoms with Crippen molar-refractivity contribution < 1.29 is 14.4 Å². The lowest BCUT2D eigenvalue weighted by molar-refractivity contribution is -0.137. The Morgan fingerprint density at radius 3 is 2.68 bits per heavy atom. The molecule has 0 spiro atoms. The third-order valence-corrected chi connectivity index (χ3v) is 5.69. The van der Waals surface area contributed by atoms with E-state index in [0.29, 0.717) is 30.6 Å². The summed E-state index contributed by atoms with van der Waals surface area (Å²) in [5.74, 6) is -0.286. The van der Waals surface area contributed by atoms with Gasteiger partial charge in [0.05, 0.1) is 24.0 Å². The van der Waals surface area contributed by atoms with Gasteiger partial charge in [-0.1, -0.05) is 20.8 Å². The molecule has 28 heavy (non-hydrogen) atoms. The van der Waals surface area contributed by atoms with E-state index in [0.717, 1.165) is 4.90 Å². The first-order chi connectivity index (χ1) is 13.1. The Labute approximate surface area is 163 Å². The molecule has 2 unspecified atom stereocenters. The lowest BCUT2D eigenvalue weighted by atomic mass is 9.91. The summed E-state index contributed by atoms with van der Waals surface area (Å²) in [6, 6.07) is 2.22. The van der Waals surface area contributed by atoms with Gasteiger partial charge in [0.1, 0.15) is 17.8 Å². The maximum atomic E-state index is 13.1. The fourth-order valence-corrected chi connectivity index (χ4v) is 4.54. The van der Waals surface area contributed by atoms with Gasteiger partial charge in [0.2, 0.25) is 5.91 Å². The normalized spacial score (nSPS) is 26.1. The highest BCUT2D eigenvalue weighted by Crippen LogP contribution is 2.43. The smallest absolute Gasteiger partial charge is 0.332 e. The van der Waals surface area contributed by atoms with Crippen LogP contribution in [0.5, 0.6) is 0 Å².